The van der Waals surface area contributed by atoms with Crippen LogP contribution >= 0.6 is 0 Å². The molecule has 0 saturated heterocycles. The first kappa shape index (κ1) is 14.0. The summed E-state index contributed by atoms with van der Waals surface area (Å²) in [4.78, 5) is 0. The average molecular weight is 240 g/mol. The number of aliphatic hydroxyl groups excluding tert-OH is 3. The molecule has 0 heterocycles. The van der Waals surface area contributed by atoms with Crippen molar-refractivity contribution >= 4 is 0 Å². The van der Waals surface area contributed by atoms with E-state index in [4.69, 9.17) is 14.9 Å². The number of hydrogen-bond acceptors (Lipinski definition) is 4. The summed E-state index contributed by atoms with van der Waals surface area (Å²) in [5.74, 6) is 0.689. The smallest absolute Gasteiger partial charge is 0.119 e. The van der Waals surface area contributed by atoms with Gasteiger partial charge in [-0.25, -0.2) is 0 Å². The van der Waals surface area contributed by atoms with E-state index in [9.17, 15) is 5.11 Å². The van der Waals surface area contributed by atoms with Crippen molar-refractivity contribution in [1.29, 1.82) is 0 Å². The Kier molecular flexibility index (Phi) is 5.97. The first-order valence-electron chi connectivity index (χ1n) is 5.81. The van der Waals surface area contributed by atoms with Crippen LogP contribution in [0.1, 0.15) is 25.0 Å². The van der Waals surface area contributed by atoms with Gasteiger partial charge in [-0.05, 0) is 30.0 Å². The molecule has 0 aromatic heterocycles. The van der Waals surface area contributed by atoms with E-state index in [-0.39, 0.29) is 25.7 Å². The minimum Gasteiger partial charge on any atom is -0.491 e. The third kappa shape index (κ3) is 4.34. The van der Waals surface area contributed by atoms with E-state index in [0.717, 1.165) is 5.56 Å². The molecular formula is C13H20O4. The van der Waals surface area contributed by atoms with E-state index in [0.29, 0.717) is 12.2 Å². The second kappa shape index (κ2) is 7.27. The zero-order valence-electron chi connectivity index (χ0n) is 10.0. The van der Waals surface area contributed by atoms with Gasteiger partial charge in [-0.15, -0.1) is 0 Å². The molecule has 0 amide bonds. The highest BCUT2D eigenvalue weighted by atomic mass is 16.5. The minimum atomic E-state index is -0.575. The molecule has 1 rings (SSSR count). The van der Waals surface area contributed by atoms with Crippen molar-refractivity contribution in [3.63, 3.8) is 0 Å². The largest absolute Gasteiger partial charge is 0.491 e. The average Bonchev–Trinajstić information content (AvgIpc) is 2.36. The lowest BCUT2D eigenvalue weighted by Crippen LogP contribution is -2.10. The van der Waals surface area contributed by atoms with Crippen molar-refractivity contribution in [2.24, 2.45) is 5.92 Å². The maximum absolute atomic E-state index is 10.00. The molecule has 17 heavy (non-hydrogen) atoms. The number of rotatable bonds is 7. The summed E-state index contributed by atoms with van der Waals surface area (Å²) in [6.45, 7) is 2.23. The molecule has 0 bridgehead atoms. The number of ether oxygens (including phenoxy) is 1. The number of hydrogen-bond donors (Lipinski definition) is 3. The van der Waals surface area contributed by atoms with Crippen LogP contribution < -0.4 is 4.74 Å². The van der Waals surface area contributed by atoms with Crippen LogP contribution in [-0.2, 0) is 0 Å². The second-order valence-electron chi connectivity index (χ2n) is 4.08. The highest BCUT2D eigenvalue weighted by molar-refractivity contribution is 5.28. The SMILES string of the molecule is C[C@H](CCO)[C@@H](O)c1ccc(OCCO)cc1. The van der Waals surface area contributed by atoms with Gasteiger partial charge in [0.1, 0.15) is 12.4 Å². The molecule has 0 unspecified atom stereocenters. The van der Waals surface area contributed by atoms with E-state index in [1.54, 1.807) is 24.3 Å². The Bertz CT molecular complexity index is 310. The van der Waals surface area contributed by atoms with Crippen LogP contribution in [0.4, 0.5) is 0 Å². The zero-order valence-corrected chi connectivity index (χ0v) is 10.0. The monoisotopic (exact) mass is 240 g/mol. The molecule has 0 aliphatic heterocycles. The van der Waals surface area contributed by atoms with Gasteiger partial charge in [0.05, 0.1) is 12.7 Å². The molecule has 0 fully saturated rings. The number of aliphatic hydroxyl groups is 3. The van der Waals surface area contributed by atoms with Gasteiger partial charge in [-0.1, -0.05) is 19.1 Å². The zero-order chi connectivity index (χ0) is 12.7. The van der Waals surface area contributed by atoms with Crippen LogP contribution in [0.5, 0.6) is 5.75 Å². The predicted octanol–water partition coefficient (Wildman–Crippen LogP) is 1.11. The van der Waals surface area contributed by atoms with Crippen LogP contribution in [0.3, 0.4) is 0 Å². The number of benzene rings is 1. The lowest BCUT2D eigenvalue weighted by atomic mass is 9.95. The van der Waals surface area contributed by atoms with Gasteiger partial charge in [0.15, 0.2) is 0 Å². The Morgan fingerprint density at radius 3 is 2.29 bits per heavy atom. The summed E-state index contributed by atoms with van der Waals surface area (Å²) in [5.41, 5.74) is 0.808. The van der Waals surface area contributed by atoms with E-state index < -0.39 is 6.10 Å². The van der Waals surface area contributed by atoms with Gasteiger partial charge in [-0.2, -0.15) is 0 Å². The first-order valence-corrected chi connectivity index (χ1v) is 5.81. The van der Waals surface area contributed by atoms with Crippen LogP contribution in [0, 0.1) is 5.92 Å². The van der Waals surface area contributed by atoms with Gasteiger partial charge in [-0.3, -0.25) is 0 Å². The molecule has 4 nitrogen and oxygen atoms in total. The molecule has 3 N–H and O–H groups in total. The fourth-order valence-electron chi connectivity index (χ4n) is 1.61. The second-order valence-corrected chi connectivity index (χ2v) is 4.08. The van der Waals surface area contributed by atoms with E-state index >= 15 is 0 Å². The standard InChI is InChI=1S/C13H20O4/c1-10(6-7-14)13(16)11-2-4-12(5-3-11)17-9-8-15/h2-5,10,13-16H,6-9H2,1H3/t10-,13-/m1/s1. The summed E-state index contributed by atoms with van der Waals surface area (Å²) >= 11 is 0. The van der Waals surface area contributed by atoms with Crippen molar-refractivity contribution in [2.75, 3.05) is 19.8 Å². The molecule has 0 radical (unpaired) electrons. The third-order valence-corrected chi connectivity index (χ3v) is 2.71. The Morgan fingerprint density at radius 2 is 1.76 bits per heavy atom. The van der Waals surface area contributed by atoms with Gasteiger partial charge in [0.25, 0.3) is 0 Å². The van der Waals surface area contributed by atoms with E-state index in [1.807, 2.05) is 6.92 Å². The van der Waals surface area contributed by atoms with Crippen molar-refractivity contribution < 1.29 is 20.1 Å². The van der Waals surface area contributed by atoms with Crippen molar-refractivity contribution in [1.82, 2.24) is 0 Å². The molecule has 1 aromatic rings. The summed E-state index contributed by atoms with van der Waals surface area (Å²) in [6, 6.07) is 7.12. The summed E-state index contributed by atoms with van der Waals surface area (Å²) in [7, 11) is 0. The van der Waals surface area contributed by atoms with Crippen LogP contribution in [0.25, 0.3) is 0 Å². The third-order valence-electron chi connectivity index (χ3n) is 2.71. The van der Waals surface area contributed by atoms with Gasteiger partial charge < -0.3 is 20.1 Å². The first-order chi connectivity index (χ1) is 8.19. The molecule has 2 atom stereocenters. The van der Waals surface area contributed by atoms with Crippen molar-refractivity contribution in [3.8, 4) is 5.75 Å². The van der Waals surface area contributed by atoms with E-state index in [1.165, 1.54) is 0 Å². The Balaban J connectivity index is 2.60. The molecule has 0 spiro atoms. The minimum absolute atomic E-state index is 0.0160. The topological polar surface area (TPSA) is 69.9 Å². The molecule has 96 valence electrons. The van der Waals surface area contributed by atoms with Gasteiger partial charge >= 0.3 is 0 Å². The summed E-state index contributed by atoms with van der Waals surface area (Å²) in [5, 5.41) is 27.4. The summed E-state index contributed by atoms with van der Waals surface area (Å²) < 4.78 is 5.23. The lowest BCUT2D eigenvalue weighted by molar-refractivity contribution is 0.0990. The Labute approximate surface area is 101 Å². The van der Waals surface area contributed by atoms with Crippen molar-refractivity contribution in [2.45, 2.75) is 19.4 Å². The maximum atomic E-state index is 10.00. The molecule has 1 aromatic carbocycles. The quantitative estimate of drug-likeness (QED) is 0.667. The normalized spacial score (nSPS) is 14.4. The maximum Gasteiger partial charge on any atom is 0.119 e. The molecule has 0 aliphatic carbocycles. The van der Waals surface area contributed by atoms with Gasteiger partial charge in [0, 0.05) is 6.61 Å². The highest BCUT2D eigenvalue weighted by Gasteiger charge is 2.15. The summed E-state index contributed by atoms with van der Waals surface area (Å²) in [6.07, 6.45) is -0.00162. The molecule has 0 aliphatic rings. The molecule has 4 heteroatoms. The fourth-order valence-corrected chi connectivity index (χ4v) is 1.61. The van der Waals surface area contributed by atoms with Crippen LogP contribution in [-0.4, -0.2) is 35.1 Å². The fraction of sp³-hybridized carbons (Fsp3) is 0.538. The molecule has 0 saturated carbocycles. The molecular weight excluding hydrogens is 220 g/mol. The predicted molar refractivity (Wildman–Crippen MR) is 64.8 cm³/mol. The Hall–Kier alpha value is -1.10. The van der Waals surface area contributed by atoms with Crippen molar-refractivity contribution in [3.05, 3.63) is 29.8 Å². The highest BCUT2D eigenvalue weighted by Crippen LogP contribution is 2.25. The van der Waals surface area contributed by atoms with Gasteiger partial charge in [0.2, 0.25) is 0 Å². The van der Waals surface area contributed by atoms with E-state index in [2.05, 4.69) is 0 Å². The Morgan fingerprint density at radius 1 is 1.12 bits per heavy atom. The lowest BCUT2D eigenvalue weighted by Gasteiger charge is -2.18. The van der Waals surface area contributed by atoms with Crippen LogP contribution in [0.2, 0.25) is 0 Å². The van der Waals surface area contributed by atoms with Crippen LogP contribution in [0.15, 0.2) is 24.3 Å².